The first-order valence-electron chi connectivity index (χ1n) is 6.03. The van der Waals surface area contributed by atoms with Gasteiger partial charge in [0, 0.05) is 10.9 Å². The van der Waals surface area contributed by atoms with Gasteiger partial charge >= 0.3 is 5.97 Å². The highest BCUT2D eigenvalue weighted by Crippen LogP contribution is 2.19. The van der Waals surface area contributed by atoms with Crippen LogP contribution in [0.25, 0.3) is 0 Å². The Morgan fingerprint density at radius 1 is 1.26 bits per heavy atom. The van der Waals surface area contributed by atoms with Crippen molar-refractivity contribution in [3.63, 3.8) is 0 Å². The summed E-state index contributed by atoms with van der Waals surface area (Å²) in [6, 6.07) is 9.53. The van der Waals surface area contributed by atoms with Gasteiger partial charge in [-0.05, 0) is 18.6 Å². The molecular weight excluding hydrogens is 262 g/mol. The van der Waals surface area contributed by atoms with E-state index in [0.717, 1.165) is 4.90 Å². The van der Waals surface area contributed by atoms with E-state index < -0.39 is 11.9 Å². The molecule has 4 nitrogen and oxygen atoms in total. The minimum Gasteiger partial charge on any atom is -0.481 e. The van der Waals surface area contributed by atoms with Crippen LogP contribution < -0.4 is 5.32 Å². The molecule has 0 spiro atoms. The van der Waals surface area contributed by atoms with Crippen molar-refractivity contribution in [3.05, 3.63) is 42.5 Å². The first kappa shape index (κ1) is 13.7. The van der Waals surface area contributed by atoms with E-state index in [0.29, 0.717) is 12.2 Å². The summed E-state index contributed by atoms with van der Waals surface area (Å²) in [5, 5.41) is 11.7. The van der Waals surface area contributed by atoms with Gasteiger partial charge in [0.25, 0.3) is 0 Å². The lowest BCUT2D eigenvalue weighted by atomic mass is 10.1. The first-order valence-corrected chi connectivity index (χ1v) is 7.02. The van der Waals surface area contributed by atoms with Crippen LogP contribution in [0.4, 0.5) is 0 Å². The van der Waals surface area contributed by atoms with Crippen LogP contribution in [0.15, 0.2) is 47.4 Å². The van der Waals surface area contributed by atoms with Gasteiger partial charge in [0.05, 0.1) is 11.7 Å². The Kier molecular flexibility index (Phi) is 4.63. The van der Waals surface area contributed by atoms with Crippen molar-refractivity contribution in [2.45, 2.75) is 17.4 Å². The number of thioether (sulfide) groups is 1. The van der Waals surface area contributed by atoms with Gasteiger partial charge in [0.15, 0.2) is 0 Å². The number of carboxylic acid groups (broad SMARTS) is 1. The molecular formula is C14H15NO3S. The molecule has 2 unspecified atom stereocenters. The molecule has 1 amide bonds. The highest BCUT2D eigenvalue weighted by Gasteiger charge is 2.25. The topological polar surface area (TPSA) is 66.4 Å². The molecule has 1 aliphatic carbocycles. The molecule has 0 saturated heterocycles. The molecule has 0 aliphatic heterocycles. The summed E-state index contributed by atoms with van der Waals surface area (Å²) in [6.07, 6.45) is 3.83. The quantitative estimate of drug-likeness (QED) is 0.637. The summed E-state index contributed by atoms with van der Waals surface area (Å²) in [6.45, 7) is 0. The lowest BCUT2D eigenvalue weighted by Gasteiger charge is -2.11. The standard InChI is InChI=1S/C14H15NO3S/c16-13(9-19-12-4-2-1-3-5-12)15-11-7-6-10(8-11)14(17)18/h1-7,10-11H,8-9H2,(H,15,16)(H,17,18). The van der Waals surface area contributed by atoms with Crippen LogP contribution in [-0.4, -0.2) is 28.8 Å². The first-order chi connectivity index (χ1) is 9.15. The zero-order chi connectivity index (χ0) is 13.7. The normalized spacial score (nSPS) is 21.3. The molecule has 1 aromatic carbocycles. The lowest BCUT2D eigenvalue weighted by Crippen LogP contribution is -2.34. The van der Waals surface area contributed by atoms with Gasteiger partial charge < -0.3 is 10.4 Å². The van der Waals surface area contributed by atoms with Crippen molar-refractivity contribution in [1.82, 2.24) is 5.32 Å². The van der Waals surface area contributed by atoms with Crippen LogP contribution in [0.5, 0.6) is 0 Å². The number of carbonyl (C=O) groups excluding carboxylic acids is 1. The number of hydrogen-bond donors (Lipinski definition) is 2. The van der Waals surface area contributed by atoms with Gasteiger partial charge in [-0.1, -0.05) is 30.4 Å². The lowest BCUT2D eigenvalue weighted by molar-refractivity contribution is -0.140. The second-order valence-electron chi connectivity index (χ2n) is 4.34. The van der Waals surface area contributed by atoms with Gasteiger partial charge in [-0.15, -0.1) is 11.8 Å². The Bertz CT molecular complexity index is 487. The maximum absolute atomic E-state index is 11.7. The third-order valence-corrected chi connectivity index (χ3v) is 3.87. The van der Waals surface area contributed by atoms with Gasteiger partial charge in [-0.25, -0.2) is 0 Å². The molecule has 19 heavy (non-hydrogen) atoms. The average Bonchev–Trinajstić information content (AvgIpc) is 2.86. The molecule has 2 N–H and O–H groups in total. The highest BCUT2D eigenvalue weighted by atomic mass is 32.2. The molecule has 0 heterocycles. The van der Waals surface area contributed by atoms with E-state index >= 15 is 0 Å². The summed E-state index contributed by atoms with van der Waals surface area (Å²) >= 11 is 1.47. The van der Waals surface area contributed by atoms with Crippen LogP contribution in [-0.2, 0) is 9.59 Å². The molecule has 0 radical (unpaired) electrons. The van der Waals surface area contributed by atoms with Crippen molar-refractivity contribution < 1.29 is 14.7 Å². The van der Waals surface area contributed by atoms with E-state index in [4.69, 9.17) is 5.11 Å². The fourth-order valence-electron chi connectivity index (χ4n) is 1.90. The Hall–Kier alpha value is -1.75. The number of amides is 1. The molecule has 2 rings (SSSR count). The van der Waals surface area contributed by atoms with E-state index in [1.807, 2.05) is 30.3 Å². The van der Waals surface area contributed by atoms with E-state index in [9.17, 15) is 9.59 Å². The molecule has 5 heteroatoms. The molecule has 0 saturated carbocycles. The fraction of sp³-hybridized carbons (Fsp3) is 0.286. The van der Waals surface area contributed by atoms with Crippen molar-refractivity contribution in [1.29, 1.82) is 0 Å². The Morgan fingerprint density at radius 3 is 2.63 bits per heavy atom. The van der Waals surface area contributed by atoms with Gasteiger partial charge in [-0.3, -0.25) is 9.59 Å². The van der Waals surface area contributed by atoms with Crippen molar-refractivity contribution in [3.8, 4) is 0 Å². The third kappa shape index (κ3) is 4.13. The highest BCUT2D eigenvalue weighted by molar-refractivity contribution is 8.00. The maximum Gasteiger partial charge on any atom is 0.310 e. The zero-order valence-electron chi connectivity index (χ0n) is 10.3. The monoisotopic (exact) mass is 277 g/mol. The Morgan fingerprint density at radius 2 is 2.00 bits per heavy atom. The Labute approximate surface area is 115 Å². The number of hydrogen-bond acceptors (Lipinski definition) is 3. The van der Waals surface area contributed by atoms with E-state index in [-0.39, 0.29) is 11.9 Å². The van der Waals surface area contributed by atoms with Crippen LogP contribution in [0.3, 0.4) is 0 Å². The maximum atomic E-state index is 11.7. The van der Waals surface area contributed by atoms with E-state index in [1.165, 1.54) is 11.8 Å². The molecule has 1 aromatic rings. The summed E-state index contributed by atoms with van der Waals surface area (Å²) < 4.78 is 0. The van der Waals surface area contributed by atoms with Crippen molar-refractivity contribution in [2.75, 3.05) is 5.75 Å². The van der Waals surface area contributed by atoms with Crippen LogP contribution >= 0.6 is 11.8 Å². The molecule has 0 aromatic heterocycles. The molecule has 2 atom stereocenters. The zero-order valence-corrected chi connectivity index (χ0v) is 11.1. The number of carboxylic acids is 1. The number of rotatable bonds is 5. The van der Waals surface area contributed by atoms with Gasteiger partial charge in [-0.2, -0.15) is 0 Å². The fourth-order valence-corrected chi connectivity index (χ4v) is 2.63. The van der Waals surface area contributed by atoms with Gasteiger partial charge in [0.2, 0.25) is 5.91 Å². The Balaban J connectivity index is 1.74. The van der Waals surface area contributed by atoms with E-state index in [2.05, 4.69) is 5.32 Å². The summed E-state index contributed by atoms with van der Waals surface area (Å²) in [5.74, 6) is -1.06. The predicted octanol–water partition coefficient (Wildman–Crippen LogP) is 1.92. The summed E-state index contributed by atoms with van der Waals surface area (Å²) in [4.78, 5) is 23.6. The largest absolute Gasteiger partial charge is 0.481 e. The van der Waals surface area contributed by atoms with Gasteiger partial charge in [0.1, 0.15) is 0 Å². The van der Waals surface area contributed by atoms with Crippen LogP contribution in [0, 0.1) is 5.92 Å². The molecule has 100 valence electrons. The average molecular weight is 277 g/mol. The van der Waals surface area contributed by atoms with E-state index in [1.54, 1.807) is 12.2 Å². The number of carbonyl (C=O) groups is 2. The van der Waals surface area contributed by atoms with Crippen LogP contribution in [0.1, 0.15) is 6.42 Å². The predicted molar refractivity (Wildman–Crippen MR) is 74.0 cm³/mol. The smallest absolute Gasteiger partial charge is 0.310 e. The second-order valence-corrected chi connectivity index (χ2v) is 5.39. The molecule has 0 fully saturated rings. The minimum absolute atomic E-state index is 0.0745. The van der Waals surface area contributed by atoms with Crippen LogP contribution in [0.2, 0.25) is 0 Å². The van der Waals surface area contributed by atoms with Crippen molar-refractivity contribution in [2.24, 2.45) is 5.92 Å². The molecule has 1 aliphatic rings. The number of aliphatic carboxylic acids is 1. The second kappa shape index (κ2) is 6.43. The SMILES string of the molecule is O=C(CSc1ccccc1)NC1C=CC(C(=O)O)C1. The summed E-state index contributed by atoms with van der Waals surface area (Å²) in [7, 11) is 0. The minimum atomic E-state index is -0.841. The van der Waals surface area contributed by atoms with Crippen molar-refractivity contribution >= 4 is 23.6 Å². The molecule has 0 bridgehead atoms. The number of benzene rings is 1. The summed E-state index contributed by atoms with van der Waals surface area (Å²) in [5.41, 5.74) is 0. The third-order valence-electron chi connectivity index (χ3n) is 2.86. The number of nitrogens with one attached hydrogen (secondary N) is 1.